The maximum absolute atomic E-state index is 13.0. The maximum atomic E-state index is 13.0. The van der Waals surface area contributed by atoms with Crippen molar-refractivity contribution in [2.24, 2.45) is 0 Å². The third-order valence-electron chi connectivity index (χ3n) is 4.82. The molecule has 0 bridgehead atoms. The lowest BCUT2D eigenvalue weighted by Crippen LogP contribution is -2.36. The van der Waals surface area contributed by atoms with Gasteiger partial charge in [-0.05, 0) is 48.5 Å². The molecule has 0 saturated carbocycles. The minimum absolute atomic E-state index is 0.119. The van der Waals surface area contributed by atoms with Gasteiger partial charge in [0.05, 0.1) is 19.3 Å². The van der Waals surface area contributed by atoms with Crippen LogP contribution in [0.2, 0.25) is 0 Å². The zero-order chi connectivity index (χ0) is 25.4. The molecule has 2 N–H and O–H groups in total. The van der Waals surface area contributed by atoms with Crippen molar-refractivity contribution in [1.82, 2.24) is 10.6 Å². The first-order chi connectivity index (χ1) is 16.7. The minimum atomic E-state index is -4.50. The van der Waals surface area contributed by atoms with Gasteiger partial charge in [-0.25, -0.2) is 0 Å². The van der Waals surface area contributed by atoms with Gasteiger partial charge in [-0.1, -0.05) is 12.1 Å². The molecule has 0 aliphatic heterocycles. The van der Waals surface area contributed by atoms with Crippen LogP contribution in [0.1, 0.15) is 21.7 Å². The quantitative estimate of drug-likeness (QED) is 0.342. The number of carbonyl (C=O) groups is 2. The van der Waals surface area contributed by atoms with Crippen molar-refractivity contribution in [2.45, 2.75) is 6.18 Å². The van der Waals surface area contributed by atoms with E-state index in [9.17, 15) is 22.8 Å². The van der Waals surface area contributed by atoms with E-state index in [1.807, 2.05) is 0 Å². The highest BCUT2D eigenvalue weighted by atomic mass is 19.4. The SMILES string of the molecule is COCCNC(=O)/C(=C/c1ccc(-c2cccc(C(F)(F)F)c2)o1)NC(=O)c1ccc(OC)cc1. The Morgan fingerprint density at radius 2 is 1.77 bits per heavy atom. The molecule has 3 rings (SSSR count). The number of carbonyl (C=O) groups excluding carboxylic acids is 2. The molecule has 3 aromatic rings. The maximum Gasteiger partial charge on any atom is 0.416 e. The van der Waals surface area contributed by atoms with Crippen LogP contribution in [0.25, 0.3) is 17.4 Å². The van der Waals surface area contributed by atoms with Crippen molar-refractivity contribution < 1.29 is 36.7 Å². The number of halogens is 3. The number of hydrogen-bond donors (Lipinski definition) is 2. The molecule has 7 nitrogen and oxygen atoms in total. The lowest BCUT2D eigenvalue weighted by molar-refractivity contribution is -0.137. The van der Waals surface area contributed by atoms with Crippen LogP contribution in [-0.4, -0.2) is 39.2 Å². The van der Waals surface area contributed by atoms with Crippen molar-refractivity contribution >= 4 is 17.9 Å². The van der Waals surface area contributed by atoms with Crippen LogP contribution in [0.3, 0.4) is 0 Å². The van der Waals surface area contributed by atoms with Gasteiger partial charge in [-0.15, -0.1) is 0 Å². The summed E-state index contributed by atoms with van der Waals surface area (Å²) in [6, 6.07) is 13.9. The molecular weight excluding hydrogens is 465 g/mol. The molecule has 1 heterocycles. The Balaban J connectivity index is 1.86. The van der Waals surface area contributed by atoms with Gasteiger partial charge in [0.15, 0.2) is 0 Å². The van der Waals surface area contributed by atoms with Gasteiger partial charge in [0, 0.05) is 30.9 Å². The number of rotatable bonds is 9. The Hall–Kier alpha value is -4.05. The Morgan fingerprint density at radius 3 is 2.43 bits per heavy atom. The number of nitrogens with one attached hydrogen (secondary N) is 2. The highest BCUT2D eigenvalue weighted by molar-refractivity contribution is 6.05. The van der Waals surface area contributed by atoms with Crippen LogP contribution in [0.4, 0.5) is 13.2 Å². The number of benzene rings is 2. The Labute approximate surface area is 199 Å². The molecule has 0 radical (unpaired) electrons. The van der Waals surface area contributed by atoms with E-state index < -0.39 is 23.6 Å². The fourth-order valence-electron chi connectivity index (χ4n) is 3.03. The lowest BCUT2D eigenvalue weighted by atomic mass is 10.1. The molecule has 184 valence electrons. The second kappa shape index (κ2) is 11.4. The molecule has 0 aliphatic rings. The lowest BCUT2D eigenvalue weighted by Gasteiger charge is -2.11. The summed E-state index contributed by atoms with van der Waals surface area (Å²) in [5, 5.41) is 5.15. The van der Waals surface area contributed by atoms with Crippen LogP contribution in [-0.2, 0) is 15.7 Å². The molecule has 2 amide bonds. The summed E-state index contributed by atoms with van der Waals surface area (Å²) < 4.78 is 54.8. The number of amides is 2. The number of furan rings is 1. The predicted octanol–water partition coefficient (Wildman–Crippen LogP) is 4.51. The van der Waals surface area contributed by atoms with Crippen molar-refractivity contribution in [2.75, 3.05) is 27.4 Å². The molecule has 10 heteroatoms. The molecule has 0 unspecified atom stereocenters. The smallest absolute Gasteiger partial charge is 0.416 e. The van der Waals surface area contributed by atoms with E-state index in [0.717, 1.165) is 12.1 Å². The molecular formula is C25H23F3N2O5. The van der Waals surface area contributed by atoms with Gasteiger partial charge in [0.25, 0.3) is 11.8 Å². The first-order valence-electron chi connectivity index (χ1n) is 10.4. The molecule has 1 aromatic heterocycles. The predicted molar refractivity (Wildman–Crippen MR) is 122 cm³/mol. The zero-order valence-corrected chi connectivity index (χ0v) is 18.9. The third kappa shape index (κ3) is 6.97. The normalized spacial score (nSPS) is 11.7. The van der Waals surface area contributed by atoms with E-state index in [-0.39, 0.29) is 41.5 Å². The third-order valence-corrected chi connectivity index (χ3v) is 4.82. The fourth-order valence-corrected chi connectivity index (χ4v) is 3.03. The summed E-state index contributed by atoms with van der Waals surface area (Å²) in [7, 11) is 2.98. The topological polar surface area (TPSA) is 89.8 Å². The number of hydrogen-bond acceptors (Lipinski definition) is 5. The Bertz CT molecular complexity index is 1200. The van der Waals surface area contributed by atoms with Gasteiger partial charge in [0.1, 0.15) is 23.0 Å². The zero-order valence-electron chi connectivity index (χ0n) is 18.9. The minimum Gasteiger partial charge on any atom is -0.497 e. The largest absolute Gasteiger partial charge is 0.497 e. The highest BCUT2D eigenvalue weighted by Gasteiger charge is 2.30. The van der Waals surface area contributed by atoms with Crippen LogP contribution in [0.15, 0.2) is 70.8 Å². The van der Waals surface area contributed by atoms with Crippen LogP contribution >= 0.6 is 0 Å². The molecule has 35 heavy (non-hydrogen) atoms. The van der Waals surface area contributed by atoms with Gasteiger partial charge in [-0.3, -0.25) is 9.59 Å². The monoisotopic (exact) mass is 488 g/mol. The number of methoxy groups -OCH3 is 2. The molecule has 0 fully saturated rings. The van der Waals surface area contributed by atoms with Gasteiger partial charge >= 0.3 is 6.18 Å². The highest BCUT2D eigenvalue weighted by Crippen LogP contribution is 2.32. The number of ether oxygens (including phenoxy) is 2. The van der Waals surface area contributed by atoms with E-state index in [1.165, 1.54) is 56.7 Å². The van der Waals surface area contributed by atoms with Gasteiger partial charge in [-0.2, -0.15) is 13.2 Å². The summed E-state index contributed by atoms with van der Waals surface area (Å²) >= 11 is 0. The van der Waals surface area contributed by atoms with Crippen molar-refractivity contribution in [3.63, 3.8) is 0 Å². The average molecular weight is 488 g/mol. The van der Waals surface area contributed by atoms with Crippen LogP contribution in [0.5, 0.6) is 5.75 Å². The van der Waals surface area contributed by atoms with Crippen molar-refractivity contribution in [3.05, 3.63) is 83.2 Å². The Morgan fingerprint density at radius 1 is 1.03 bits per heavy atom. The van der Waals surface area contributed by atoms with Gasteiger partial charge in [0.2, 0.25) is 0 Å². The summed E-state index contributed by atoms with van der Waals surface area (Å²) in [4.78, 5) is 25.4. The summed E-state index contributed by atoms with van der Waals surface area (Å²) in [6.45, 7) is 0.449. The molecule has 0 atom stereocenters. The van der Waals surface area contributed by atoms with E-state index in [1.54, 1.807) is 12.1 Å². The summed E-state index contributed by atoms with van der Waals surface area (Å²) in [5.41, 5.74) is -0.432. The van der Waals surface area contributed by atoms with E-state index >= 15 is 0 Å². The fraction of sp³-hybridized carbons (Fsp3) is 0.200. The standard InChI is InChI=1S/C25H23F3N2O5/c1-33-13-12-29-24(32)21(30-23(31)16-6-8-19(34-2)9-7-16)15-20-10-11-22(35-20)17-4-3-5-18(14-17)25(26,27)28/h3-11,14-15H,12-13H2,1-2H3,(H,29,32)(H,30,31)/b21-15-. The molecule has 0 saturated heterocycles. The van der Waals surface area contributed by atoms with Crippen molar-refractivity contribution in [3.8, 4) is 17.1 Å². The van der Waals surface area contributed by atoms with Crippen LogP contribution < -0.4 is 15.4 Å². The molecule has 2 aromatic carbocycles. The van der Waals surface area contributed by atoms with Crippen molar-refractivity contribution in [1.29, 1.82) is 0 Å². The Kier molecular flexibility index (Phi) is 8.32. The second-order valence-corrected chi connectivity index (χ2v) is 7.27. The average Bonchev–Trinajstić information content (AvgIpc) is 3.32. The summed E-state index contributed by atoms with van der Waals surface area (Å²) in [6.07, 6.45) is -3.20. The van der Waals surface area contributed by atoms with Crippen LogP contribution in [0, 0.1) is 0 Å². The summed E-state index contributed by atoms with van der Waals surface area (Å²) in [5.74, 6) is -0.258. The second-order valence-electron chi connectivity index (χ2n) is 7.27. The first kappa shape index (κ1) is 25.6. The van der Waals surface area contributed by atoms with E-state index in [4.69, 9.17) is 13.9 Å². The first-order valence-corrected chi connectivity index (χ1v) is 10.4. The van der Waals surface area contributed by atoms with Gasteiger partial charge < -0.3 is 24.5 Å². The van der Waals surface area contributed by atoms with E-state index in [2.05, 4.69) is 10.6 Å². The van der Waals surface area contributed by atoms with E-state index in [0.29, 0.717) is 5.75 Å². The molecule has 0 spiro atoms. The molecule has 0 aliphatic carbocycles. The number of alkyl halides is 3.